The van der Waals surface area contributed by atoms with Gasteiger partial charge < -0.3 is 20.1 Å². The van der Waals surface area contributed by atoms with E-state index in [1.165, 1.54) is 0 Å². The number of para-hydroxylation sites is 1. The molecule has 2 atom stereocenters. The Kier molecular flexibility index (Phi) is 6.60. The third-order valence-corrected chi connectivity index (χ3v) is 4.83. The molecule has 1 heterocycles. The van der Waals surface area contributed by atoms with Gasteiger partial charge in [-0.15, -0.1) is 0 Å². The number of amides is 2. The van der Waals surface area contributed by atoms with Crippen LogP contribution in [-0.2, 0) is 9.53 Å². The summed E-state index contributed by atoms with van der Waals surface area (Å²) < 4.78 is 11.2. The van der Waals surface area contributed by atoms with Crippen molar-refractivity contribution in [3.8, 4) is 11.5 Å². The van der Waals surface area contributed by atoms with Crippen LogP contribution in [0.4, 0.5) is 4.79 Å². The van der Waals surface area contributed by atoms with Crippen molar-refractivity contribution in [3.05, 3.63) is 72.4 Å². The van der Waals surface area contributed by atoms with Crippen molar-refractivity contribution in [2.75, 3.05) is 18.6 Å². The van der Waals surface area contributed by atoms with Gasteiger partial charge in [0.1, 0.15) is 24.0 Å². The number of hydrogen-bond donors (Lipinski definition) is 2. The molecule has 1 aliphatic heterocycles. The lowest BCUT2D eigenvalue weighted by Gasteiger charge is -2.33. The van der Waals surface area contributed by atoms with Crippen LogP contribution in [0.25, 0.3) is 0 Å². The summed E-state index contributed by atoms with van der Waals surface area (Å²) in [5.41, 5.74) is 1.05. The summed E-state index contributed by atoms with van der Waals surface area (Å²) in [6, 6.07) is 15.7. The zero-order valence-corrected chi connectivity index (χ0v) is 16.3. The van der Waals surface area contributed by atoms with E-state index in [4.69, 9.17) is 9.47 Å². The fourth-order valence-electron chi connectivity index (χ4n) is 2.95. The fourth-order valence-corrected chi connectivity index (χ4v) is 3.20. The second-order valence-electron chi connectivity index (χ2n) is 6.23. The number of rotatable bonds is 7. The van der Waals surface area contributed by atoms with Crippen LogP contribution in [-0.4, -0.2) is 30.6 Å². The van der Waals surface area contributed by atoms with Crippen LogP contribution < -0.4 is 15.4 Å². The molecular weight excluding hydrogens is 376 g/mol. The molecule has 1 aliphatic rings. The summed E-state index contributed by atoms with van der Waals surface area (Å²) in [7, 11) is 0. The Labute approximate surface area is 168 Å². The van der Waals surface area contributed by atoms with E-state index in [0.717, 1.165) is 5.56 Å². The van der Waals surface area contributed by atoms with Crippen molar-refractivity contribution < 1.29 is 19.1 Å². The van der Waals surface area contributed by atoms with E-state index in [-0.39, 0.29) is 0 Å². The first-order chi connectivity index (χ1) is 13.6. The largest absolute Gasteiger partial charge is 0.464 e. The van der Waals surface area contributed by atoms with Gasteiger partial charge in [0.25, 0.3) is 0 Å². The number of carbonyl (C=O) groups is 2. The Morgan fingerprint density at radius 3 is 2.64 bits per heavy atom. The monoisotopic (exact) mass is 398 g/mol. The number of ether oxygens (including phenoxy) is 2. The normalized spacial score (nSPS) is 18.8. The number of esters is 1. The summed E-state index contributed by atoms with van der Waals surface area (Å²) in [6.45, 7) is 4.16. The third-order valence-electron chi connectivity index (χ3n) is 4.25. The Bertz CT molecular complexity index is 856. The van der Waals surface area contributed by atoms with Gasteiger partial charge in [-0.05, 0) is 36.1 Å². The molecule has 2 aromatic rings. The number of benzene rings is 2. The lowest BCUT2D eigenvalue weighted by atomic mass is 9.89. The predicted octanol–water partition coefficient (Wildman–Crippen LogP) is 3.87. The van der Waals surface area contributed by atoms with Gasteiger partial charge in [-0.1, -0.05) is 36.9 Å². The summed E-state index contributed by atoms with van der Waals surface area (Å²) in [6.07, 6.45) is 1.94. The zero-order valence-electron chi connectivity index (χ0n) is 15.5. The molecular formula is C21H22N2O4S. The molecule has 7 heteroatoms. The number of thioether (sulfide) groups is 1. The molecule has 28 heavy (non-hydrogen) atoms. The lowest BCUT2D eigenvalue weighted by molar-refractivity contribution is -0.147. The topological polar surface area (TPSA) is 76.7 Å². The van der Waals surface area contributed by atoms with Gasteiger partial charge in [-0.3, -0.25) is 4.79 Å². The molecule has 2 amide bonds. The minimum Gasteiger partial charge on any atom is -0.464 e. The highest BCUT2D eigenvalue weighted by molar-refractivity contribution is 7.98. The number of hydrogen-bond acceptors (Lipinski definition) is 5. The van der Waals surface area contributed by atoms with Gasteiger partial charge in [0.2, 0.25) is 0 Å². The van der Waals surface area contributed by atoms with Gasteiger partial charge in [0, 0.05) is 11.4 Å². The maximum absolute atomic E-state index is 12.6. The molecule has 0 spiro atoms. The summed E-state index contributed by atoms with van der Waals surface area (Å²) in [4.78, 5) is 24.6. The minimum atomic E-state index is -0.730. The first-order valence-corrected chi connectivity index (χ1v) is 10.2. The number of carbonyl (C=O) groups excluding carboxylic acids is 2. The second-order valence-corrected chi connectivity index (χ2v) is 7.21. The van der Waals surface area contributed by atoms with Crippen LogP contribution in [0.3, 0.4) is 0 Å². The van der Waals surface area contributed by atoms with E-state index in [0.29, 0.717) is 29.6 Å². The van der Waals surface area contributed by atoms with E-state index >= 15 is 0 Å². The molecule has 1 fully saturated rings. The van der Waals surface area contributed by atoms with E-state index in [2.05, 4.69) is 17.2 Å². The molecule has 0 radical (unpaired) electrons. The summed E-state index contributed by atoms with van der Waals surface area (Å²) >= 11 is 1.59. The maximum atomic E-state index is 12.6. The molecule has 0 bridgehead atoms. The number of nitrogens with one attached hydrogen (secondary N) is 2. The minimum absolute atomic E-state index is 0.307. The van der Waals surface area contributed by atoms with Crippen molar-refractivity contribution in [1.82, 2.24) is 10.6 Å². The smallest absolute Gasteiger partial charge is 0.319 e. The second kappa shape index (κ2) is 9.32. The third kappa shape index (κ3) is 4.86. The fraction of sp³-hybridized carbons (Fsp3) is 0.238. The van der Waals surface area contributed by atoms with Gasteiger partial charge in [0.15, 0.2) is 0 Å². The van der Waals surface area contributed by atoms with Crippen molar-refractivity contribution >= 4 is 23.8 Å². The van der Waals surface area contributed by atoms with Crippen LogP contribution in [0, 0.1) is 5.92 Å². The summed E-state index contributed by atoms with van der Waals surface area (Å²) in [5, 5.41) is 5.38. The summed E-state index contributed by atoms with van der Waals surface area (Å²) in [5.74, 6) is 0.857. The highest BCUT2D eigenvalue weighted by Crippen LogP contribution is 2.33. The molecule has 0 aromatic heterocycles. The van der Waals surface area contributed by atoms with Crippen LogP contribution in [0.1, 0.15) is 11.6 Å². The molecule has 146 valence electrons. The molecule has 0 unspecified atom stereocenters. The SMILES string of the molecule is C=C1NC(=O)N[C@@H](c2cccc(Oc3ccccc3)c2)[C@@H]1C(=O)OCCSC. The van der Waals surface area contributed by atoms with Crippen LogP contribution in [0.2, 0.25) is 0 Å². The lowest BCUT2D eigenvalue weighted by Crippen LogP contribution is -2.51. The molecule has 2 N–H and O–H groups in total. The van der Waals surface area contributed by atoms with E-state index in [9.17, 15) is 9.59 Å². The van der Waals surface area contributed by atoms with Crippen molar-refractivity contribution in [1.29, 1.82) is 0 Å². The van der Waals surface area contributed by atoms with Crippen molar-refractivity contribution in [3.63, 3.8) is 0 Å². The van der Waals surface area contributed by atoms with E-state index in [1.54, 1.807) is 17.8 Å². The molecule has 6 nitrogen and oxygen atoms in total. The average molecular weight is 398 g/mol. The molecule has 1 saturated heterocycles. The Morgan fingerprint density at radius 2 is 1.89 bits per heavy atom. The Hall–Kier alpha value is -2.93. The highest BCUT2D eigenvalue weighted by atomic mass is 32.2. The maximum Gasteiger partial charge on any atom is 0.319 e. The standard InChI is InChI=1S/C21H22N2O4S/c1-14-18(20(24)26-11-12-28-2)19(23-21(25)22-14)15-7-6-10-17(13-15)27-16-8-4-3-5-9-16/h3-10,13,18-19H,1,11-12H2,2H3,(H2,22,23,25)/t18-,19+/m1/s1. The molecule has 2 aromatic carbocycles. The van der Waals surface area contributed by atoms with Crippen molar-refractivity contribution in [2.45, 2.75) is 6.04 Å². The quantitative estimate of drug-likeness (QED) is 0.547. The Morgan fingerprint density at radius 1 is 1.14 bits per heavy atom. The Balaban J connectivity index is 1.83. The van der Waals surface area contributed by atoms with Crippen LogP contribution in [0.5, 0.6) is 11.5 Å². The average Bonchev–Trinajstić information content (AvgIpc) is 2.68. The van der Waals surface area contributed by atoms with E-state index in [1.807, 2.05) is 54.8 Å². The predicted molar refractivity (Wildman–Crippen MR) is 109 cm³/mol. The number of urea groups is 1. The van der Waals surface area contributed by atoms with Gasteiger partial charge in [-0.25, -0.2) is 4.79 Å². The van der Waals surface area contributed by atoms with Crippen LogP contribution in [0.15, 0.2) is 66.9 Å². The molecule has 0 saturated carbocycles. The molecule has 0 aliphatic carbocycles. The first kappa shape index (κ1) is 19.8. The molecule has 3 rings (SSSR count). The van der Waals surface area contributed by atoms with Gasteiger partial charge in [-0.2, -0.15) is 11.8 Å². The van der Waals surface area contributed by atoms with E-state index < -0.39 is 24.0 Å². The van der Waals surface area contributed by atoms with Gasteiger partial charge >= 0.3 is 12.0 Å². The first-order valence-electron chi connectivity index (χ1n) is 8.83. The highest BCUT2D eigenvalue weighted by Gasteiger charge is 2.39. The van der Waals surface area contributed by atoms with Crippen molar-refractivity contribution in [2.24, 2.45) is 5.92 Å². The van der Waals surface area contributed by atoms with Crippen LogP contribution >= 0.6 is 11.8 Å². The van der Waals surface area contributed by atoms with Gasteiger partial charge in [0.05, 0.1) is 6.04 Å². The zero-order chi connectivity index (χ0) is 19.9.